The first-order valence-electron chi connectivity index (χ1n) is 7.02. The van der Waals surface area contributed by atoms with Crippen molar-refractivity contribution in [2.75, 3.05) is 11.9 Å². The monoisotopic (exact) mass is 323 g/mol. The zero-order valence-electron chi connectivity index (χ0n) is 12.2. The quantitative estimate of drug-likeness (QED) is 0.803. The van der Waals surface area contributed by atoms with Gasteiger partial charge in [0.25, 0.3) is 0 Å². The van der Waals surface area contributed by atoms with Gasteiger partial charge < -0.3 is 10.6 Å². The molecule has 4 nitrogen and oxygen atoms in total. The van der Waals surface area contributed by atoms with E-state index in [1.807, 2.05) is 6.07 Å². The van der Waals surface area contributed by atoms with Crippen LogP contribution in [-0.4, -0.2) is 17.4 Å². The van der Waals surface area contributed by atoms with Gasteiger partial charge in [-0.15, -0.1) is 0 Å². The Balaban J connectivity index is 1.81. The molecule has 1 amide bonds. The molecular weight excluding hydrogens is 307 g/mol. The van der Waals surface area contributed by atoms with E-state index in [9.17, 15) is 18.0 Å². The Bertz CT molecular complexity index is 645. The molecule has 0 aliphatic carbocycles. The molecule has 2 N–H and O–H groups in total. The molecular formula is C16H16F3N3O. The molecule has 0 bridgehead atoms. The highest BCUT2D eigenvalue weighted by molar-refractivity contribution is 5.91. The number of rotatable bonds is 6. The number of nitrogens with one attached hydrogen (secondary N) is 2. The van der Waals surface area contributed by atoms with Crippen molar-refractivity contribution < 1.29 is 18.0 Å². The second-order valence-electron chi connectivity index (χ2n) is 4.88. The van der Waals surface area contributed by atoms with Crippen molar-refractivity contribution in [1.82, 2.24) is 10.3 Å². The van der Waals surface area contributed by atoms with Crippen molar-refractivity contribution in [2.24, 2.45) is 0 Å². The second kappa shape index (κ2) is 7.73. The number of nitrogens with zero attached hydrogens (tertiary/aromatic N) is 1. The molecule has 1 heterocycles. The molecule has 0 spiro atoms. The van der Waals surface area contributed by atoms with E-state index < -0.39 is 17.6 Å². The molecule has 7 heteroatoms. The van der Waals surface area contributed by atoms with E-state index in [1.54, 1.807) is 18.5 Å². The van der Waals surface area contributed by atoms with Crippen molar-refractivity contribution in [3.63, 3.8) is 0 Å². The van der Waals surface area contributed by atoms with Crippen LogP contribution < -0.4 is 10.6 Å². The number of amides is 1. The fourth-order valence-corrected chi connectivity index (χ4v) is 1.99. The smallest absolute Gasteiger partial charge is 0.325 e. The highest BCUT2D eigenvalue weighted by atomic mass is 19.4. The van der Waals surface area contributed by atoms with E-state index in [1.165, 1.54) is 18.2 Å². The number of pyridine rings is 1. The third-order valence-electron chi connectivity index (χ3n) is 3.09. The molecule has 0 aliphatic heterocycles. The molecule has 1 aromatic carbocycles. The number of halogens is 3. The first-order valence-corrected chi connectivity index (χ1v) is 7.02. The predicted octanol–water partition coefficient (Wildman–Crippen LogP) is 3.22. The zero-order valence-corrected chi connectivity index (χ0v) is 12.2. The lowest BCUT2D eigenvalue weighted by atomic mass is 10.1. The number of hydrogen-bond donors (Lipinski definition) is 2. The Labute approximate surface area is 131 Å². The lowest BCUT2D eigenvalue weighted by Crippen LogP contribution is -2.22. The highest BCUT2D eigenvalue weighted by Crippen LogP contribution is 2.34. The summed E-state index contributed by atoms with van der Waals surface area (Å²) in [5.74, 6) is -0.472. The summed E-state index contributed by atoms with van der Waals surface area (Å²) < 4.78 is 38.5. The SMILES string of the molecule is O=C(CCNCc1cccnc1)Nc1ccccc1C(F)(F)F. The third kappa shape index (κ3) is 5.37. The van der Waals surface area contributed by atoms with Gasteiger partial charge in [-0.1, -0.05) is 18.2 Å². The topological polar surface area (TPSA) is 54.0 Å². The van der Waals surface area contributed by atoms with Crippen LogP contribution in [0.4, 0.5) is 18.9 Å². The van der Waals surface area contributed by atoms with Crippen LogP contribution in [0.25, 0.3) is 0 Å². The van der Waals surface area contributed by atoms with Gasteiger partial charge in [0.05, 0.1) is 11.3 Å². The van der Waals surface area contributed by atoms with Crippen LogP contribution >= 0.6 is 0 Å². The second-order valence-corrected chi connectivity index (χ2v) is 4.88. The maximum Gasteiger partial charge on any atom is 0.418 e. The van der Waals surface area contributed by atoms with E-state index in [0.717, 1.165) is 11.6 Å². The number of benzene rings is 1. The number of para-hydroxylation sites is 1. The number of carbonyl (C=O) groups is 1. The zero-order chi connectivity index (χ0) is 16.7. The van der Waals surface area contributed by atoms with Gasteiger partial charge in [0.15, 0.2) is 0 Å². The van der Waals surface area contributed by atoms with E-state index >= 15 is 0 Å². The Morgan fingerprint density at radius 2 is 1.91 bits per heavy atom. The highest BCUT2D eigenvalue weighted by Gasteiger charge is 2.33. The Kier molecular flexibility index (Phi) is 5.70. The average molecular weight is 323 g/mol. The molecule has 2 aromatic rings. The van der Waals surface area contributed by atoms with Crippen molar-refractivity contribution in [2.45, 2.75) is 19.1 Å². The molecule has 0 saturated heterocycles. The third-order valence-corrected chi connectivity index (χ3v) is 3.09. The minimum absolute atomic E-state index is 0.0758. The van der Waals surface area contributed by atoms with Crippen LogP contribution in [0, 0.1) is 0 Å². The maximum atomic E-state index is 12.8. The summed E-state index contributed by atoms with van der Waals surface area (Å²) in [5, 5.41) is 5.34. The van der Waals surface area contributed by atoms with Crippen LogP contribution in [0.2, 0.25) is 0 Å². The molecule has 2 rings (SSSR count). The molecule has 1 aromatic heterocycles. The van der Waals surface area contributed by atoms with Gasteiger partial charge in [0.2, 0.25) is 5.91 Å². The Hall–Kier alpha value is -2.41. The lowest BCUT2D eigenvalue weighted by molar-refractivity contribution is -0.137. The summed E-state index contributed by atoms with van der Waals surface area (Å²) in [6.07, 6.45) is -1.06. The molecule has 0 atom stereocenters. The van der Waals surface area contributed by atoms with E-state index in [2.05, 4.69) is 15.6 Å². The Morgan fingerprint density at radius 1 is 1.13 bits per heavy atom. The van der Waals surface area contributed by atoms with Crippen LogP contribution in [-0.2, 0) is 17.5 Å². The number of aromatic nitrogens is 1. The van der Waals surface area contributed by atoms with Gasteiger partial charge >= 0.3 is 6.18 Å². The van der Waals surface area contributed by atoms with Crippen molar-refractivity contribution >= 4 is 11.6 Å². The standard InChI is InChI=1S/C16H16F3N3O/c17-16(18,19)13-5-1-2-6-14(13)22-15(23)7-9-21-11-12-4-3-8-20-10-12/h1-6,8,10,21H,7,9,11H2,(H,22,23). The van der Waals surface area contributed by atoms with Gasteiger partial charge in [-0.05, 0) is 23.8 Å². The lowest BCUT2D eigenvalue weighted by Gasteiger charge is -2.13. The van der Waals surface area contributed by atoms with Crippen LogP contribution in [0.5, 0.6) is 0 Å². The summed E-state index contributed by atoms with van der Waals surface area (Å²) in [5.41, 5.74) is -0.107. The number of alkyl halides is 3. The van der Waals surface area contributed by atoms with E-state index in [0.29, 0.717) is 13.1 Å². The molecule has 23 heavy (non-hydrogen) atoms. The largest absolute Gasteiger partial charge is 0.418 e. The van der Waals surface area contributed by atoms with Gasteiger partial charge in [-0.2, -0.15) is 13.2 Å². The van der Waals surface area contributed by atoms with E-state index in [-0.39, 0.29) is 12.1 Å². The maximum absolute atomic E-state index is 12.8. The minimum Gasteiger partial charge on any atom is -0.325 e. The van der Waals surface area contributed by atoms with Crippen molar-refractivity contribution in [3.05, 3.63) is 59.9 Å². The fourth-order valence-electron chi connectivity index (χ4n) is 1.99. The van der Waals surface area contributed by atoms with Crippen LogP contribution in [0.15, 0.2) is 48.8 Å². The molecule has 122 valence electrons. The van der Waals surface area contributed by atoms with E-state index in [4.69, 9.17) is 0 Å². The molecule has 0 fully saturated rings. The molecule has 0 unspecified atom stereocenters. The fraction of sp³-hybridized carbons (Fsp3) is 0.250. The molecule has 0 saturated carbocycles. The van der Waals surface area contributed by atoms with Gasteiger partial charge in [-0.3, -0.25) is 9.78 Å². The van der Waals surface area contributed by atoms with Crippen molar-refractivity contribution in [3.8, 4) is 0 Å². The predicted molar refractivity (Wildman–Crippen MR) is 80.6 cm³/mol. The van der Waals surface area contributed by atoms with Crippen molar-refractivity contribution in [1.29, 1.82) is 0 Å². The Morgan fingerprint density at radius 3 is 2.61 bits per heavy atom. The summed E-state index contributed by atoms with van der Waals surface area (Å²) in [7, 11) is 0. The normalized spacial score (nSPS) is 11.3. The molecule has 0 aliphatic rings. The number of anilines is 1. The summed E-state index contributed by atoms with van der Waals surface area (Å²) in [6, 6.07) is 8.61. The van der Waals surface area contributed by atoms with Crippen LogP contribution in [0.1, 0.15) is 17.5 Å². The first kappa shape index (κ1) is 17.0. The van der Waals surface area contributed by atoms with Crippen LogP contribution in [0.3, 0.4) is 0 Å². The average Bonchev–Trinajstić information content (AvgIpc) is 2.52. The first-order chi connectivity index (χ1) is 11.0. The summed E-state index contributed by atoms with van der Waals surface area (Å²) in [4.78, 5) is 15.7. The van der Waals surface area contributed by atoms with Gasteiger partial charge in [-0.25, -0.2) is 0 Å². The van der Waals surface area contributed by atoms with Gasteiger partial charge in [0, 0.05) is 31.9 Å². The number of hydrogen-bond acceptors (Lipinski definition) is 3. The van der Waals surface area contributed by atoms with Gasteiger partial charge in [0.1, 0.15) is 0 Å². The summed E-state index contributed by atoms with van der Waals surface area (Å²) >= 11 is 0. The molecule has 0 radical (unpaired) electrons. The minimum atomic E-state index is -4.50. The summed E-state index contributed by atoms with van der Waals surface area (Å²) in [6.45, 7) is 0.898. The number of carbonyl (C=O) groups excluding carboxylic acids is 1.